The van der Waals surface area contributed by atoms with Crippen molar-refractivity contribution < 1.29 is 0 Å². The van der Waals surface area contributed by atoms with Gasteiger partial charge in [-0.15, -0.1) is 0 Å². The van der Waals surface area contributed by atoms with Gasteiger partial charge in [-0.3, -0.25) is 0 Å². The van der Waals surface area contributed by atoms with E-state index in [4.69, 9.17) is 0 Å². The Bertz CT molecular complexity index is 3520. The summed E-state index contributed by atoms with van der Waals surface area (Å²) < 4.78 is 5.67. The van der Waals surface area contributed by atoms with Gasteiger partial charge >= 0.3 is 6.85 Å². The van der Waals surface area contributed by atoms with Gasteiger partial charge in [0.2, 0.25) is 0 Å². The van der Waals surface area contributed by atoms with Crippen LogP contribution in [0.1, 0.15) is 153 Å². The Labute approximate surface area is 373 Å². The molecule has 4 heterocycles. The largest absolute Gasteiger partial charge is 0.375 e. The Hall–Kier alpha value is -5.28. The van der Waals surface area contributed by atoms with E-state index >= 15 is 0 Å². The van der Waals surface area contributed by atoms with Gasteiger partial charge in [0.25, 0.3) is 0 Å². The van der Waals surface area contributed by atoms with E-state index in [1.165, 1.54) is 131 Å². The lowest BCUT2D eigenvalue weighted by Crippen LogP contribution is -2.55. The highest BCUT2D eigenvalue weighted by molar-refractivity contribution is 6.90. The van der Waals surface area contributed by atoms with E-state index in [0.717, 1.165) is 0 Å². The summed E-state index contributed by atoms with van der Waals surface area (Å²) in [4.78, 5) is 0. The van der Waals surface area contributed by atoms with E-state index < -0.39 is 0 Å². The normalized spacial score (nSPS) is 20.9. The van der Waals surface area contributed by atoms with Gasteiger partial charge in [0, 0.05) is 54.9 Å². The van der Waals surface area contributed by atoms with Gasteiger partial charge in [0.1, 0.15) is 0 Å². The average Bonchev–Trinajstić information content (AvgIpc) is 3.92. The quantitative estimate of drug-likeness (QED) is 0.135. The monoisotopic (exact) mass is 818 g/mol. The van der Waals surface area contributed by atoms with Crippen LogP contribution in [-0.2, 0) is 32.5 Å². The minimum atomic E-state index is -0.166. The molecular weight excluding hydrogens is 759 g/mol. The molecule has 2 aromatic heterocycles. The predicted molar refractivity (Wildman–Crippen MR) is 268 cm³/mol. The van der Waals surface area contributed by atoms with Gasteiger partial charge in [-0.1, -0.05) is 156 Å². The fourth-order valence-electron chi connectivity index (χ4n) is 14.9. The maximum atomic E-state index is 2.87. The molecule has 0 unspecified atom stereocenters. The van der Waals surface area contributed by atoms with Crippen LogP contribution in [0.25, 0.3) is 71.9 Å². The van der Waals surface area contributed by atoms with Crippen LogP contribution in [0.2, 0.25) is 0 Å². The topological polar surface area (TPSA) is 9.86 Å². The number of para-hydroxylation sites is 2. The zero-order valence-corrected chi connectivity index (χ0v) is 39.5. The Morgan fingerprint density at radius 3 is 1.52 bits per heavy atom. The minimum Gasteiger partial charge on any atom is -0.375 e. The highest BCUT2D eigenvalue weighted by Gasteiger charge is 2.52. The molecule has 0 atom stereocenters. The molecule has 8 aromatic rings. The predicted octanol–water partition coefficient (Wildman–Crippen LogP) is 14.0. The van der Waals surface area contributed by atoms with Crippen LogP contribution in [-0.4, -0.2) is 15.9 Å². The van der Waals surface area contributed by atoms with Gasteiger partial charge in [0.05, 0.1) is 16.9 Å². The van der Waals surface area contributed by atoms with Gasteiger partial charge in [0.15, 0.2) is 0 Å². The second kappa shape index (κ2) is 10.8. The Balaban J connectivity index is 1.15. The molecule has 312 valence electrons. The molecule has 2 nitrogen and oxygen atoms in total. The van der Waals surface area contributed by atoms with Crippen LogP contribution in [0.15, 0.2) is 91.0 Å². The molecule has 0 amide bonds. The summed E-state index contributed by atoms with van der Waals surface area (Å²) in [5.74, 6) is 0. The summed E-state index contributed by atoms with van der Waals surface area (Å²) in [6.45, 7) is 30.0. The van der Waals surface area contributed by atoms with Gasteiger partial charge in [-0.05, 0) is 132 Å². The fraction of sp³-hybridized carbons (Fsp3) is 0.367. The molecule has 0 fully saturated rings. The molecule has 4 aliphatic carbocycles. The first-order valence-corrected chi connectivity index (χ1v) is 24.1. The van der Waals surface area contributed by atoms with Crippen molar-refractivity contribution in [3.05, 3.63) is 136 Å². The SMILES string of the molecule is CC1(C)CCC(C)(C)c2cc3c(cc21)-c1c(c2cccc4c2n1B1c2c-4cc4ccccc4c2-n2c4c(c5cccc1c52)C(C)(C)c1cc2c(cc1-4)C(C)(C)CCC2(C)C)C3(C)C. The van der Waals surface area contributed by atoms with E-state index in [1.54, 1.807) is 22.3 Å². The number of aromatic nitrogens is 2. The van der Waals surface area contributed by atoms with E-state index in [2.05, 4.69) is 183 Å². The third-order valence-corrected chi connectivity index (χ3v) is 18.5. The summed E-state index contributed by atoms with van der Waals surface area (Å²) in [7, 11) is 0. The van der Waals surface area contributed by atoms with Crippen LogP contribution in [0.5, 0.6) is 0 Å². The highest BCUT2D eigenvalue weighted by Crippen LogP contribution is 2.61. The van der Waals surface area contributed by atoms with Gasteiger partial charge in [-0.25, -0.2) is 0 Å². The van der Waals surface area contributed by atoms with E-state index in [-0.39, 0.29) is 39.3 Å². The van der Waals surface area contributed by atoms with Crippen molar-refractivity contribution in [3.8, 4) is 39.3 Å². The van der Waals surface area contributed by atoms with Gasteiger partial charge in [-0.2, -0.15) is 0 Å². The second-order valence-electron chi connectivity index (χ2n) is 24.6. The Morgan fingerprint density at radius 1 is 0.429 bits per heavy atom. The molecule has 0 spiro atoms. The van der Waals surface area contributed by atoms with E-state index in [1.807, 2.05) is 0 Å². The van der Waals surface area contributed by atoms with Crippen LogP contribution in [0.3, 0.4) is 0 Å². The molecule has 0 bridgehead atoms. The first-order valence-electron chi connectivity index (χ1n) is 24.1. The first-order chi connectivity index (χ1) is 29.8. The van der Waals surface area contributed by atoms with Crippen molar-refractivity contribution in [1.82, 2.24) is 9.05 Å². The molecule has 63 heavy (non-hydrogen) atoms. The van der Waals surface area contributed by atoms with Crippen molar-refractivity contribution in [3.63, 3.8) is 0 Å². The van der Waals surface area contributed by atoms with Crippen molar-refractivity contribution in [2.24, 2.45) is 0 Å². The molecule has 0 radical (unpaired) electrons. The van der Waals surface area contributed by atoms with Crippen molar-refractivity contribution >= 4 is 50.4 Å². The number of hydrogen-bond donors (Lipinski definition) is 0. The number of benzene rings is 6. The molecule has 6 aromatic carbocycles. The van der Waals surface area contributed by atoms with E-state index in [0.29, 0.717) is 0 Å². The molecule has 2 aliphatic heterocycles. The third kappa shape index (κ3) is 4.09. The maximum Gasteiger partial charge on any atom is 0.333 e. The lowest BCUT2D eigenvalue weighted by molar-refractivity contribution is 0.331. The average molecular weight is 819 g/mol. The molecular formula is C60H59BN2. The molecule has 0 saturated carbocycles. The number of hydrogen-bond acceptors (Lipinski definition) is 0. The number of nitrogens with zero attached hydrogens (tertiary/aromatic N) is 2. The standard InChI is InChI=1S/C60H59BN2/c1-55(2)23-25-57(5,6)44-30-40-38(28-42(44)55)52-47(59(40,9)10)36-21-16-22-46-51(36)62(52)54-33-18-14-13-17-32(33)27-37-34-19-15-20-35-48-53(63(50(34)35)61(46)49(37)54)39-29-43-45(31-41(39)60(48,11)12)58(7,8)26-24-56(43,3)4/h13-22,27-31H,23-26H2,1-12H3. The summed E-state index contributed by atoms with van der Waals surface area (Å²) >= 11 is 0. The first kappa shape index (κ1) is 37.1. The third-order valence-electron chi connectivity index (χ3n) is 18.5. The zero-order valence-electron chi connectivity index (χ0n) is 39.5. The molecule has 6 aliphatic rings. The van der Waals surface area contributed by atoms with Crippen molar-refractivity contribution in [2.75, 3.05) is 0 Å². The summed E-state index contributed by atoms with van der Waals surface area (Å²) in [5, 5.41) is 5.50. The minimum absolute atomic E-state index is 0.0278. The molecule has 0 saturated heterocycles. The molecule has 14 rings (SSSR count). The maximum absolute atomic E-state index is 2.87. The summed E-state index contributed by atoms with van der Waals surface area (Å²) in [5.41, 5.74) is 28.0. The highest BCUT2D eigenvalue weighted by atomic mass is 15.0. The van der Waals surface area contributed by atoms with Crippen molar-refractivity contribution in [2.45, 2.75) is 141 Å². The molecule has 3 heteroatoms. The fourth-order valence-corrected chi connectivity index (χ4v) is 14.9. The summed E-state index contributed by atoms with van der Waals surface area (Å²) in [6.07, 6.45) is 4.86. The number of fused-ring (bicyclic) bond motifs is 18. The van der Waals surface area contributed by atoms with Gasteiger partial charge < -0.3 is 9.05 Å². The Morgan fingerprint density at radius 2 is 0.921 bits per heavy atom. The Kier molecular flexibility index (Phi) is 6.36. The van der Waals surface area contributed by atoms with Crippen LogP contribution >= 0.6 is 0 Å². The zero-order chi connectivity index (χ0) is 43.4. The lowest BCUT2D eigenvalue weighted by atomic mass is 9.45. The second-order valence-corrected chi connectivity index (χ2v) is 24.6. The smallest absolute Gasteiger partial charge is 0.333 e. The van der Waals surface area contributed by atoms with E-state index in [9.17, 15) is 0 Å². The summed E-state index contributed by atoms with van der Waals surface area (Å²) in [6, 6.07) is 37.1. The van der Waals surface area contributed by atoms with Crippen LogP contribution in [0.4, 0.5) is 0 Å². The van der Waals surface area contributed by atoms with Crippen molar-refractivity contribution in [1.29, 1.82) is 0 Å². The number of rotatable bonds is 0. The molecule has 0 N–H and O–H groups in total. The van der Waals surface area contributed by atoms with Crippen LogP contribution < -0.4 is 10.9 Å². The lowest BCUT2D eigenvalue weighted by Gasteiger charge is -2.43. The van der Waals surface area contributed by atoms with Crippen LogP contribution in [0, 0.1) is 0 Å².